The summed E-state index contributed by atoms with van der Waals surface area (Å²) in [5, 5.41) is 0.644. The molecule has 0 aliphatic heterocycles. The van der Waals surface area contributed by atoms with Gasteiger partial charge in [0.15, 0.2) is 0 Å². The van der Waals surface area contributed by atoms with Gasteiger partial charge in [0.2, 0.25) is 0 Å². The Bertz CT molecular complexity index is 458. The van der Waals surface area contributed by atoms with Crippen LogP contribution in [0.15, 0.2) is 18.2 Å². The van der Waals surface area contributed by atoms with E-state index in [9.17, 15) is 4.79 Å². The molecule has 0 aromatic heterocycles. The minimum absolute atomic E-state index is 0.0886. The monoisotopic (exact) mass is 407 g/mol. The van der Waals surface area contributed by atoms with Crippen molar-refractivity contribution in [3.8, 4) is 0 Å². The zero-order valence-electron chi connectivity index (χ0n) is 12.6. The van der Waals surface area contributed by atoms with Crippen molar-refractivity contribution in [3.63, 3.8) is 0 Å². The van der Waals surface area contributed by atoms with Gasteiger partial charge in [-0.1, -0.05) is 39.3 Å². The number of rotatable bonds is 6. The van der Waals surface area contributed by atoms with Gasteiger partial charge >= 0.3 is 0 Å². The second-order valence-corrected chi connectivity index (χ2v) is 7.02. The van der Waals surface area contributed by atoms with Crippen LogP contribution >= 0.6 is 34.2 Å². The molecule has 1 aromatic carbocycles. The minimum Gasteiger partial charge on any atom is -0.335 e. The molecule has 0 bridgehead atoms. The van der Waals surface area contributed by atoms with E-state index in [1.807, 2.05) is 17.0 Å². The second kappa shape index (κ2) is 8.23. The molecule has 0 radical (unpaired) electrons. The summed E-state index contributed by atoms with van der Waals surface area (Å²) in [6.07, 6.45) is 1.96. The molecule has 0 spiro atoms. The predicted octanol–water partition coefficient (Wildman–Crippen LogP) is 5.23. The fraction of sp³-hybridized carbons (Fsp3) is 0.562. The first-order valence-electron chi connectivity index (χ1n) is 7.16. The third kappa shape index (κ3) is 4.62. The van der Waals surface area contributed by atoms with Crippen LogP contribution in [0.3, 0.4) is 0 Å². The average Bonchev–Trinajstić information content (AvgIpc) is 2.41. The lowest BCUT2D eigenvalue weighted by atomic mass is 10.1. The van der Waals surface area contributed by atoms with Crippen LogP contribution in [0.5, 0.6) is 0 Å². The highest BCUT2D eigenvalue weighted by molar-refractivity contribution is 14.1. The van der Waals surface area contributed by atoms with E-state index in [-0.39, 0.29) is 5.91 Å². The molecule has 0 fully saturated rings. The molecule has 0 N–H and O–H groups in total. The summed E-state index contributed by atoms with van der Waals surface area (Å²) in [4.78, 5) is 14.8. The smallest absolute Gasteiger partial charge is 0.254 e. The van der Waals surface area contributed by atoms with Gasteiger partial charge in [-0.05, 0) is 59.5 Å². The van der Waals surface area contributed by atoms with Crippen LogP contribution in [-0.2, 0) is 0 Å². The SMILES string of the molecule is CCC(CC)N(CC(C)C)C(=O)c1ccc(I)c(Cl)c1. The Kier molecular flexibility index (Phi) is 7.30. The van der Waals surface area contributed by atoms with Crippen molar-refractivity contribution in [3.05, 3.63) is 32.4 Å². The fourth-order valence-electron chi connectivity index (χ4n) is 2.32. The molecule has 0 aliphatic carbocycles. The lowest BCUT2D eigenvalue weighted by Gasteiger charge is -2.32. The van der Waals surface area contributed by atoms with E-state index < -0.39 is 0 Å². The summed E-state index contributed by atoms with van der Waals surface area (Å²) in [6, 6.07) is 5.84. The molecule has 1 rings (SSSR count). The van der Waals surface area contributed by atoms with Gasteiger partial charge in [0.05, 0.1) is 5.02 Å². The van der Waals surface area contributed by atoms with Gasteiger partial charge in [-0.25, -0.2) is 0 Å². The Morgan fingerprint density at radius 1 is 1.30 bits per heavy atom. The van der Waals surface area contributed by atoms with Gasteiger partial charge < -0.3 is 4.90 Å². The molecular weight excluding hydrogens is 385 g/mol. The van der Waals surface area contributed by atoms with Crippen molar-refractivity contribution in [2.24, 2.45) is 5.92 Å². The molecule has 4 heteroatoms. The highest BCUT2D eigenvalue weighted by Gasteiger charge is 2.23. The fourth-order valence-corrected chi connectivity index (χ4v) is 2.83. The van der Waals surface area contributed by atoms with Gasteiger partial charge in [-0.15, -0.1) is 0 Å². The van der Waals surface area contributed by atoms with E-state index in [1.54, 1.807) is 6.07 Å². The van der Waals surface area contributed by atoms with Gasteiger partial charge in [0, 0.05) is 21.7 Å². The number of hydrogen-bond donors (Lipinski definition) is 0. The van der Waals surface area contributed by atoms with E-state index in [0.29, 0.717) is 22.5 Å². The van der Waals surface area contributed by atoms with Crippen molar-refractivity contribution in [1.82, 2.24) is 4.90 Å². The maximum atomic E-state index is 12.8. The molecular formula is C16H23ClINO. The molecule has 20 heavy (non-hydrogen) atoms. The summed E-state index contributed by atoms with van der Waals surface area (Å²) < 4.78 is 0.971. The Balaban J connectivity index is 3.05. The van der Waals surface area contributed by atoms with Crippen LogP contribution in [0.1, 0.15) is 50.9 Å². The van der Waals surface area contributed by atoms with Crippen molar-refractivity contribution < 1.29 is 4.79 Å². The van der Waals surface area contributed by atoms with Gasteiger partial charge in [-0.3, -0.25) is 4.79 Å². The minimum atomic E-state index is 0.0886. The first-order chi connectivity index (χ1) is 9.40. The number of benzene rings is 1. The number of carbonyl (C=O) groups excluding carboxylic acids is 1. The van der Waals surface area contributed by atoms with Crippen LogP contribution in [0, 0.1) is 9.49 Å². The predicted molar refractivity (Wildman–Crippen MR) is 94.4 cm³/mol. The molecule has 0 heterocycles. The molecule has 0 aliphatic rings. The molecule has 0 saturated heterocycles. The van der Waals surface area contributed by atoms with Gasteiger partial charge in [-0.2, -0.15) is 0 Å². The first kappa shape index (κ1) is 17.8. The lowest BCUT2D eigenvalue weighted by molar-refractivity contribution is 0.0640. The molecule has 1 aromatic rings. The third-order valence-corrected chi connectivity index (χ3v) is 4.94. The highest BCUT2D eigenvalue weighted by atomic mass is 127. The first-order valence-corrected chi connectivity index (χ1v) is 8.62. The average molecular weight is 408 g/mol. The quantitative estimate of drug-likeness (QED) is 0.591. The summed E-state index contributed by atoms with van der Waals surface area (Å²) in [5.41, 5.74) is 0.683. The van der Waals surface area contributed by atoms with Crippen LogP contribution in [0.2, 0.25) is 5.02 Å². The van der Waals surface area contributed by atoms with E-state index in [1.165, 1.54) is 0 Å². The molecule has 0 saturated carbocycles. The highest BCUT2D eigenvalue weighted by Crippen LogP contribution is 2.22. The standard InChI is InChI=1S/C16H23ClINO/c1-5-13(6-2)19(10-11(3)4)16(20)12-7-8-15(18)14(17)9-12/h7-9,11,13H,5-6,10H2,1-4H3. The largest absolute Gasteiger partial charge is 0.335 e. The Hall–Kier alpha value is -0.290. The number of carbonyl (C=O) groups is 1. The Morgan fingerprint density at radius 3 is 2.35 bits per heavy atom. The summed E-state index contributed by atoms with van der Waals surface area (Å²) in [6.45, 7) is 9.34. The van der Waals surface area contributed by atoms with E-state index in [4.69, 9.17) is 11.6 Å². The molecule has 0 atom stereocenters. The number of hydrogen-bond acceptors (Lipinski definition) is 1. The summed E-state index contributed by atoms with van der Waals surface area (Å²) in [5.74, 6) is 0.546. The Labute approximate surface area is 141 Å². The van der Waals surface area contributed by atoms with Crippen molar-refractivity contribution in [2.75, 3.05) is 6.54 Å². The number of nitrogens with zero attached hydrogens (tertiary/aromatic N) is 1. The van der Waals surface area contributed by atoms with Crippen LogP contribution in [0.4, 0.5) is 0 Å². The summed E-state index contributed by atoms with van der Waals surface area (Å²) in [7, 11) is 0. The van der Waals surface area contributed by atoms with Crippen LogP contribution in [0.25, 0.3) is 0 Å². The Morgan fingerprint density at radius 2 is 1.90 bits per heavy atom. The topological polar surface area (TPSA) is 20.3 Å². The second-order valence-electron chi connectivity index (χ2n) is 5.45. The van der Waals surface area contributed by atoms with E-state index in [0.717, 1.165) is 23.0 Å². The third-order valence-electron chi connectivity index (χ3n) is 3.37. The molecule has 112 valence electrons. The van der Waals surface area contributed by atoms with E-state index in [2.05, 4.69) is 50.3 Å². The lowest BCUT2D eigenvalue weighted by Crippen LogP contribution is -2.42. The van der Waals surface area contributed by atoms with Gasteiger partial charge in [0.25, 0.3) is 5.91 Å². The van der Waals surface area contributed by atoms with E-state index >= 15 is 0 Å². The zero-order valence-corrected chi connectivity index (χ0v) is 15.5. The van der Waals surface area contributed by atoms with Crippen molar-refractivity contribution in [1.29, 1.82) is 0 Å². The van der Waals surface area contributed by atoms with Crippen molar-refractivity contribution in [2.45, 2.75) is 46.6 Å². The maximum absolute atomic E-state index is 12.8. The van der Waals surface area contributed by atoms with Gasteiger partial charge in [0.1, 0.15) is 0 Å². The maximum Gasteiger partial charge on any atom is 0.254 e. The number of halogens is 2. The van der Waals surface area contributed by atoms with Crippen LogP contribution in [-0.4, -0.2) is 23.4 Å². The molecule has 2 nitrogen and oxygen atoms in total. The van der Waals surface area contributed by atoms with Crippen LogP contribution < -0.4 is 0 Å². The van der Waals surface area contributed by atoms with Crippen molar-refractivity contribution >= 4 is 40.1 Å². The molecule has 0 unspecified atom stereocenters. The summed E-state index contributed by atoms with van der Waals surface area (Å²) >= 11 is 8.31. The molecule has 1 amide bonds. The zero-order chi connectivity index (χ0) is 15.3. The normalized spacial score (nSPS) is 11.2. The number of amides is 1.